The van der Waals surface area contributed by atoms with Crippen LogP contribution in [0.4, 0.5) is 5.88 Å². The van der Waals surface area contributed by atoms with Crippen LogP contribution in [0.15, 0.2) is 21.2 Å². The summed E-state index contributed by atoms with van der Waals surface area (Å²) in [6, 6.07) is 1.94. The van der Waals surface area contributed by atoms with Crippen molar-refractivity contribution in [2.45, 2.75) is 6.42 Å². The zero-order valence-corrected chi connectivity index (χ0v) is 9.01. The molecule has 0 bridgehead atoms. The van der Waals surface area contributed by atoms with Crippen LogP contribution in [0.3, 0.4) is 0 Å². The molecule has 0 radical (unpaired) electrons. The van der Waals surface area contributed by atoms with Crippen LogP contribution in [0.1, 0.15) is 6.42 Å². The molecule has 2 heterocycles. The van der Waals surface area contributed by atoms with Gasteiger partial charge in [-0.25, -0.2) is 0 Å². The Kier molecular flexibility index (Phi) is 2.90. The summed E-state index contributed by atoms with van der Waals surface area (Å²) in [4.78, 5) is 2.27. The quantitative estimate of drug-likeness (QED) is 0.818. The van der Waals surface area contributed by atoms with E-state index >= 15 is 0 Å². The lowest BCUT2D eigenvalue weighted by Crippen LogP contribution is -2.27. The standard InChI is InChI=1S/C9H13BrN2O/c10-8-2-7-13-9(8)12-5-1-3-11-4-6-12/h2,7,11H,1,3-6H2. The molecule has 2 rings (SSSR count). The fourth-order valence-corrected chi connectivity index (χ4v) is 2.01. The Labute approximate surface area is 86.2 Å². The van der Waals surface area contributed by atoms with E-state index in [1.54, 1.807) is 6.26 Å². The molecule has 0 saturated carbocycles. The van der Waals surface area contributed by atoms with Crippen LogP contribution in [0, 0.1) is 0 Å². The van der Waals surface area contributed by atoms with Gasteiger partial charge in [-0.2, -0.15) is 0 Å². The molecule has 4 heteroatoms. The largest absolute Gasteiger partial charge is 0.448 e. The van der Waals surface area contributed by atoms with Gasteiger partial charge in [0.05, 0.1) is 10.7 Å². The molecule has 1 aliphatic rings. The van der Waals surface area contributed by atoms with Crippen molar-refractivity contribution >= 4 is 21.8 Å². The zero-order valence-electron chi connectivity index (χ0n) is 7.42. The van der Waals surface area contributed by atoms with Crippen LogP contribution >= 0.6 is 15.9 Å². The van der Waals surface area contributed by atoms with Crippen LogP contribution in [0.5, 0.6) is 0 Å². The Hall–Kier alpha value is -0.480. The van der Waals surface area contributed by atoms with Crippen LogP contribution in [-0.4, -0.2) is 26.2 Å². The maximum Gasteiger partial charge on any atom is 0.209 e. The molecular formula is C9H13BrN2O. The minimum Gasteiger partial charge on any atom is -0.448 e. The molecular weight excluding hydrogens is 232 g/mol. The van der Waals surface area contributed by atoms with Gasteiger partial charge in [0.2, 0.25) is 5.88 Å². The number of furan rings is 1. The van der Waals surface area contributed by atoms with Crippen LogP contribution < -0.4 is 10.2 Å². The van der Waals surface area contributed by atoms with Gasteiger partial charge < -0.3 is 14.6 Å². The topological polar surface area (TPSA) is 28.4 Å². The number of anilines is 1. The molecule has 0 amide bonds. The third-order valence-electron chi connectivity index (χ3n) is 2.23. The number of nitrogens with one attached hydrogen (secondary N) is 1. The van der Waals surface area contributed by atoms with Crippen LogP contribution in [0.2, 0.25) is 0 Å². The molecule has 1 aromatic heterocycles. The number of rotatable bonds is 1. The summed E-state index contributed by atoms with van der Waals surface area (Å²) in [7, 11) is 0. The van der Waals surface area contributed by atoms with Crippen LogP contribution in [0.25, 0.3) is 0 Å². The monoisotopic (exact) mass is 244 g/mol. The maximum absolute atomic E-state index is 5.41. The predicted molar refractivity (Wildman–Crippen MR) is 56.1 cm³/mol. The van der Waals surface area contributed by atoms with E-state index < -0.39 is 0 Å². The Morgan fingerprint density at radius 2 is 2.31 bits per heavy atom. The minimum absolute atomic E-state index is 0.962. The Balaban J connectivity index is 2.10. The van der Waals surface area contributed by atoms with Crippen LogP contribution in [-0.2, 0) is 0 Å². The van der Waals surface area contributed by atoms with Gasteiger partial charge in [-0.05, 0) is 35.0 Å². The van der Waals surface area contributed by atoms with Crippen molar-refractivity contribution in [3.8, 4) is 0 Å². The number of hydrogen-bond donors (Lipinski definition) is 1. The van der Waals surface area contributed by atoms with Gasteiger partial charge in [-0.15, -0.1) is 0 Å². The van der Waals surface area contributed by atoms with Gasteiger partial charge in [0.25, 0.3) is 0 Å². The highest BCUT2D eigenvalue weighted by molar-refractivity contribution is 9.10. The molecule has 1 fully saturated rings. The first-order chi connectivity index (χ1) is 6.38. The van der Waals surface area contributed by atoms with Gasteiger partial charge >= 0.3 is 0 Å². The van der Waals surface area contributed by atoms with E-state index in [2.05, 4.69) is 26.1 Å². The lowest BCUT2D eigenvalue weighted by molar-refractivity contribution is 0.545. The molecule has 0 aliphatic carbocycles. The van der Waals surface area contributed by atoms with E-state index in [-0.39, 0.29) is 0 Å². The lowest BCUT2D eigenvalue weighted by atomic mass is 10.4. The zero-order chi connectivity index (χ0) is 9.10. The van der Waals surface area contributed by atoms with Crippen molar-refractivity contribution in [2.75, 3.05) is 31.1 Å². The van der Waals surface area contributed by atoms with Crippen molar-refractivity contribution in [1.82, 2.24) is 5.32 Å². The van der Waals surface area contributed by atoms with E-state index in [0.29, 0.717) is 0 Å². The summed E-state index contributed by atoms with van der Waals surface area (Å²) >= 11 is 3.47. The summed E-state index contributed by atoms with van der Waals surface area (Å²) in [6.45, 7) is 4.23. The average molecular weight is 245 g/mol. The predicted octanol–water partition coefficient (Wildman–Crippen LogP) is 1.84. The van der Waals surface area contributed by atoms with E-state index in [4.69, 9.17) is 4.42 Å². The second-order valence-electron chi connectivity index (χ2n) is 3.16. The smallest absolute Gasteiger partial charge is 0.209 e. The number of hydrogen-bond acceptors (Lipinski definition) is 3. The maximum atomic E-state index is 5.41. The van der Waals surface area contributed by atoms with Crippen molar-refractivity contribution < 1.29 is 4.42 Å². The first kappa shape index (κ1) is 9.09. The summed E-state index contributed by atoms with van der Waals surface area (Å²) in [6.07, 6.45) is 2.89. The normalized spacial score (nSPS) is 18.7. The molecule has 0 spiro atoms. The van der Waals surface area contributed by atoms with Gasteiger partial charge in [0.15, 0.2) is 0 Å². The first-order valence-electron chi connectivity index (χ1n) is 4.56. The van der Waals surface area contributed by atoms with Crippen molar-refractivity contribution in [3.63, 3.8) is 0 Å². The molecule has 13 heavy (non-hydrogen) atoms. The third kappa shape index (κ3) is 2.06. The average Bonchev–Trinajstić information content (AvgIpc) is 2.43. The highest BCUT2D eigenvalue weighted by Gasteiger charge is 2.14. The lowest BCUT2D eigenvalue weighted by Gasteiger charge is -2.19. The summed E-state index contributed by atoms with van der Waals surface area (Å²) in [5, 5.41) is 3.36. The molecule has 72 valence electrons. The van der Waals surface area contributed by atoms with Crippen molar-refractivity contribution in [2.24, 2.45) is 0 Å². The molecule has 0 atom stereocenters. The number of halogens is 1. The van der Waals surface area contributed by atoms with Gasteiger partial charge in [-0.3, -0.25) is 0 Å². The highest BCUT2D eigenvalue weighted by Crippen LogP contribution is 2.27. The Morgan fingerprint density at radius 3 is 3.08 bits per heavy atom. The third-order valence-corrected chi connectivity index (χ3v) is 2.83. The fraction of sp³-hybridized carbons (Fsp3) is 0.556. The molecule has 1 aromatic rings. The van der Waals surface area contributed by atoms with E-state index in [9.17, 15) is 0 Å². The molecule has 0 aromatic carbocycles. The van der Waals surface area contributed by atoms with E-state index in [1.807, 2.05) is 6.07 Å². The van der Waals surface area contributed by atoms with Gasteiger partial charge in [-0.1, -0.05) is 0 Å². The summed E-state index contributed by atoms with van der Waals surface area (Å²) in [5.74, 6) is 0.962. The molecule has 1 saturated heterocycles. The first-order valence-corrected chi connectivity index (χ1v) is 5.36. The molecule has 1 aliphatic heterocycles. The Bertz CT molecular complexity index is 266. The second-order valence-corrected chi connectivity index (χ2v) is 4.02. The number of nitrogens with zero attached hydrogens (tertiary/aromatic N) is 1. The minimum atomic E-state index is 0.962. The molecule has 3 nitrogen and oxygen atoms in total. The second kappa shape index (κ2) is 4.15. The van der Waals surface area contributed by atoms with E-state index in [1.165, 1.54) is 6.42 Å². The van der Waals surface area contributed by atoms with E-state index in [0.717, 1.165) is 36.5 Å². The Morgan fingerprint density at radius 1 is 1.38 bits per heavy atom. The SMILES string of the molecule is Brc1ccoc1N1CCCNCC1. The van der Waals surface area contributed by atoms with Gasteiger partial charge in [0, 0.05) is 19.6 Å². The molecule has 1 N–H and O–H groups in total. The van der Waals surface area contributed by atoms with Crippen molar-refractivity contribution in [3.05, 3.63) is 16.8 Å². The van der Waals surface area contributed by atoms with Gasteiger partial charge in [0.1, 0.15) is 0 Å². The summed E-state index contributed by atoms with van der Waals surface area (Å²) in [5.41, 5.74) is 0. The van der Waals surface area contributed by atoms with Crippen molar-refractivity contribution in [1.29, 1.82) is 0 Å². The highest BCUT2D eigenvalue weighted by atomic mass is 79.9. The fourth-order valence-electron chi connectivity index (χ4n) is 1.56. The summed E-state index contributed by atoms with van der Waals surface area (Å²) < 4.78 is 6.46. The molecule has 0 unspecified atom stereocenters.